The second-order valence-electron chi connectivity index (χ2n) is 5.07. The molecule has 0 aliphatic carbocycles. The summed E-state index contributed by atoms with van der Waals surface area (Å²) in [6.07, 6.45) is 0.768. The number of aliphatic carboxylic acids is 1. The Kier molecular flexibility index (Phi) is 5.30. The zero-order chi connectivity index (χ0) is 16.8. The van der Waals surface area contributed by atoms with Gasteiger partial charge in [-0.3, -0.25) is 4.98 Å². The molecule has 0 aliphatic heterocycles. The van der Waals surface area contributed by atoms with Crippen molar-refractivity contribution in [3.63, 3.8) is 0 Å². The van der Waals surface area contributed by atoms with E-state index in [9.17, 15) is 14.7 Å². The Morgan fingerprint density at radius 2 is 2.17 bits per heavy atom. The van der Waals surface area contributed by atoms with Crippen LogP contribution in [0.25, 0.3) is 10.9 Å². The standard InChI is InChI=1S/C17H18N2O4/c1-3-8-23-17(22)19-15(16(20)21)10-12-9-11(2)18-14-7-5-4-6-13(12)14/h3-7,9,15H,1,8,10H2,2H3,(H,19,22)(H,20,21)/t15-/m0/s1. The molecule has 2 rings (SSSR count). The zero-order valence-electron chi connectivity index (χ0n) is 12.8. The summed E-state index contributed by atoms with van der Waals surface area (Å²) >= 11 is 0. The molecule has 0 saturated heterocycles. The van der Waals surface area contributed by atoms with Gasteiger partial charge in [-0.2, -0.15) is 0 Å². The fraction of sp³-hybridized carbons (Fsp3) is 0.235. The second kappa shape index (κ2) is 7.40. The fourth-order valence-corrected chi connectivity index (χ4v) is 2.30. The molecule has 0 saturated carbocycles. The third kappa shape index (κ3) is 4.29. The Hall–Kier alpha value is -2.89. The van der Waals surface area contributed by atoms with Gasteiger partial charge in [0.05, 0.1) is 5.52 Å². The average Bonchev–Trinajstić information content (AvgIpc) is 2.52. The Morgan fingerprint density at radius 3 is 2.87 bits per heavy atom. The molecule has 23 heavy (non-hydrogen) atoms. The number of para-hydroxylation sites is 1. The van der Waals surface area contributed by atoms with Crippen LogP contribution in [0.5, 0.6) is 0 Å². The van der Waals surface area contributed by atoms with E-state index >= 15 is 0 Å². The minimum Gasteiger partial charge on any atom is -0.480 e. The van der Waals surface area contributed by atoms with E-state index in [1.54, 1.807) is 0 Å². The second-order valence-corrected chi connectivity index (χ2v) is 5.07. The van der Waals surface area contributed by atoms with E-state index in [1.165, 1.54) is 6.08 Å². The summed E-state index contributed by atoms with van der Waals surface area (Å²) in [6.45, 7) is 5.30. The van der Waals surface area contributed by atoms with E-state index in [4.69, 9.17) is 4.74 Å². The highest BCUT2D eigenvalue weighted by Crippen LogP contribution is 2.19. The molecule has 6 heteroatoms. The largest absolute Gasteiger partial charge is 0.480 e. The predicted octanol–water partition coefficient (Wildman–Crippen LogP) is 2.45. The van der Waals surface area contributed by atoms with E-state index in [0.717, 1.165) is 22.2 Å². The van der Waals surface area contributed by atoms with Crippen LogP contribution in [-0.2, 0) is 16.0 Å². The van der Waals surface area contributed by atoms with Gasteiger partial charge in [0.2, 0.25) is 0 Å². The van der Waals surface area contributed by atoms with Gasteiger partial charge in [-0.05, 0) is 24.6 Å². The first kappa shape index (κ1) is 16.5. The molecule has 1 heterocycles. The first-order chi connectivity index (χ1) is 11.0. The molecular formula is C17H18N2O4. The highest BCUT2D eigenvalue weighted by atomic mass is 16.5. The number of nitrogens with one attached hydrogen (secondary N) is 1. The van der Waals surface area contributed by atoms with Crippen molar-refractivity contribution in [2.24, 2.45) is 0 Å². The van der Waals surface area contributed by atoms with E-state index in [0.29, 0.717) is 0 Å². The normalized spacial score (nSPS) is 11.7. The Bertz CT molecular complexity index is 742. The number of rotatable bonds is 6. The number of amides is 1. The lowest BCUT2D eigenvalue weighted by Gasteiger charge is -2.16. The number of aryl methyl sites for hydroxylation is 1. The highest BCUT2D eigenvalue weighted by molar-refractivity contribution is 5.85. The minimum absolute atomic E-state index is 0.0233. The summed E-state index contributed by atoms with van der Waals surface area (Å²) in [4.78, 5) is 27.4. The molecule has 0 unspecified atom stereocenters. The predicted molar refractivity (Wildman–Crippen MR) is 86.3 cm³/mol. The number of carboxylic acids is 1. The van der Waals surface area contributed by atoms with Crippen molar-refractivity contribution in [1.29, 1.82) is 0 Å². The van der Waals surface area contributed by atoms with Gasteiger partial charge in [-0.15, -0.1) is 0 Å². The molecule has 1 aromatic carbocycles. The SMILES string of the molecule is C=CCOC(=O)N[C@@H](Cc1cc(C)nc2ccccc12)C(=O)O. The number of pyridine rings is 1. The van der Waals surface area contributed by atoms with E-state index in [-0.39, 0.29) is 13.0 Å². The summed E-state index contributed by atoms with van der Waals surface area (Å²) in [5, 5.41) is 12.6. The molecule has 0 fully saturated rings. The quantitative estimate of drug-likeness (QED) is 0.800. The molecule has 6 nitrogen and oxygen atoms in total. The molecule has 1 amide bonds. The Balaban J connectivity index is 2.25. The van der Waals surface area contributed by atoms with Gasteiger partial charge < -0.3 is 15.2 Å². The van der Waals surface area contributed by atoms with Crippen LogP contribution in [0.3, 0.4) is 0 Å². The molecule has 2 aromatic rings. The number of carbonyl (C=O) groups excluding carboxylic acids is 1. The number of hydrogen-bond acceptors (Lipinski definition) is 4. The maximum Gasteiger partial charge on any atom is 0.408 e. The van der Waals surface area contributed by atoms with Crippen molar-refractivity contribution >= 4 is 23.0 Å². The van der Waals surface area contributed by atoms with E-state index < -0.39 is 18.1 Å². The van der Waals surface area contributed by atoms with Crippen LogP contribution in [0.2, 0.25) is 0 Å². The van der Waals surface area contributed by atoms with Gasteiger partial charge in [0.15, 0.2) is 0 Å². The Labute approximate surface area is 133 Å². The van der Waals surface area contributed by atoms with Crippen LogP contribution < -0.4 is 5.32 Å². The summed E-state index contributed by atoms with van der Waals surface area (Å²) in [6, 6.07) is 8.23. The van der Waals surface area contributed by atoms with Gasteiger partial charge in [0.1, 0.15) is 12.6 Å². The first-order valence-corrected chi connectivity index (χ1v) is 7.13. The van der Waals surface area contributed by atoms with Crippen LogP contribution in [-0.4, -0.2) is 34.8 Å². The lowest BCUT2D eigenvalue weighted by Crippen LogP contribution is -2.42. The summed E-state index contributed by atoms with van der Waals surface area (Å²) < 4.78 is 4.78. The third-order valence-corrected chi connectivity index (χ3v) is 3.28. The molecule has 2 N–H and O–H groups in total. The number of aromatic nitrogens is 1. The van der Waals surface area contributed by atoms with Crippen molar-refractivity contribution in [1.82, 2.24) is 10.3 Å². The lowest BCUT2D eigenvalue weighted by molar-refractivity contribution is -0.139. The monoisotopic (exact) mass is 314 g/mol. The van der Waals surface area contributed by atoms with Crippen molar-refractivity contribution in [3.05, 3.63) is 54.2 Å². The number of carbonyl (C=O) groups is 2. The number of hydrogen-bond donors (Lipinski definition) is 2. The maximum absolute atomic E-state index is 11.6. The Morgan fingerprint density at radius 1 is 1.43 bits per heavy atom. The summed E-state index contributed by atoms with van der Waals surface area (Å²) in [5.41, 5.74) is 2.39. The topological polar surface area (TPSA) is 88.5 Å². The van der Waals surface area contributed by atoms with Crippen LogP contribution in [0.1, 0.15) is 11.3 Å². The average molecular weight is 314 g/mol. The van der Waals surface area contributed by atoms with Crippen LogP contribution >= 0.6 is 0 Å². The van der Waals surface area contributed by atoms with E-state index in [2.05, 4.69) is 16.9 Å². The molecule has 1 atom stereocenters. The van der Waals surface area contributed by atoms with Gasteiger partial charge in [0, 0.05) is 17.5 Å². The molecule has 0 bridgehead atoms. The van der Waals surface area contributed by atoms with Gasteiger partial charge >= 0.3 is 12.1 Å². The molecular weight excluding hydrogens is 296 g/mol. The highest BCUT2D eigenvalue weighted by Gasteiger charge is 2.22. The van der Waals surface area contributed by atoms with Gasteiger partial charge in [0.25, 0.3) is 0 Å². The molecule has 0 spiro atoms. The fourth-order valence-electron chi connectivity index (χ4n) is 2.30. The number of carboxylic acid groups (broad SMARTS) is 1. The van der Waals surface area contributed by atoms with Crippen LogP contribution in [0, 0.1) is 6.92 Å². The van der Waals surface area contributed by atoms with Crippen molar-refractivity contribution in [2.75, 3.05) is 6.61 Å². The molecule has 120 valence electrons. The number of alkyl carbamates (subject to hydrolysis) is 1. The third-order valence-electron chi connectivity index (χ3n) is 3.28. The van der Waals surface area contributed by atoms with Crippen LogP contribution in [0.4, 0.5) is 4.79 Å². The van der Waals surface area contributed by atoms with Crippen molar-refractivity contribution in [3.8, 4) is 0 Å². The number of nitrogens with zero attached hydrogens (tertiary/aromatic N) is 1. The number of ether oxygens (including phenoxy) is 1. The van der Waals surface area contributed by atoms with Crippen LogP contribution in [0.15, 0.2) is 43.0 Å². The first-order valence-electron chi connectivity index (χ1n) is 7.13. The maximum atomic E-state index is 11.6. The molecule has 0 aliphatic rings. The zero-order valence-corrected chi connectivity index (χ0v) is 12.8. The lowest BCUT2D eigenvalue weighted by atomic mass is 10.0. The van der Waals surface area contributed by atoms with Crippen molar-refractivity contribution < 1.29 is 19.4 Å². The molecule has 0 radical (unpaired) electrons. The van der Waals surface area contributed by atoms with Crippen molar-refractivity contribution in [2.45, 2.75) is 19.4 Å². The minimum atomic E-state index is -1.13. The number of fused-ring (bicyclic) bond motifs is 1. The van der Waals surface area contributed by atoms with Gasteiger partial charge in [-0.1, -0.05) is 30.9 Å². The summed E-state index contributed by atoms with van der Waals surface area (Å²) in [5.74, 6) is -1.13. The molecule has 1 aromatic heterocycles. The van der Waals surface area contributed by atoms with Gasteiger partial charge in [-0.25, -0.2) is 9.59 Å². The smallest absolute Gasteiger partial charge is 0.408 e. The van der Waals surface area contributed by atoms with E-state index in [1.807, 2.05) is 37.3 Å². The summed E-state index contributed by atoms with van der Waals surface area (Å²) in [7, 11) is 0. The number of benzene rings is 1.